The fraction of sp³-hybridized carbons (Fsp3) is 0.333. The molecular weight excluding hydrogens is 207 g/mol. The monoisotopic (exact) mass is 218 g/mol. The second-order valence-electron chi connectivity index (χ2n) is 2.86. The van der Waals surface area contributed by atoms with Gasteiger partial charge >= 0.3 is 0 Å². The molecule has 0 aromatic heterocycles. The van der Waals surface area contributed by atoms with Crippen molar-refractivity contribution in [1.29, 1.82) is 0 Å². The molecule has 1 rings (SSSR count). The Morgan fingerprint density at radius 2 is 2.00 bits per heavy atom. The maximum Gasteiger partial charge on any atom is 0.266 e. The fourth-order valence-electron chi connectivity index (χ4n) is 1.24. The topological polar surface area (TPSA) is 0 Å². The minimum absolute atomic E-state index is 1.01. The van der Waals surface area contributed by atoms with Gasteiger partial charge in [-0.2, -0.15) is 0 Å². The molecule has 1 aromatic carbocycles. The Bertz CT molecular complexity index is 271. The lowest BCUT2D eigenvalue weighted by atomic mass is 10.1. The maximum absolute atomic E-state index is 5.96. The molecule has 0 saturated heterocycles. The lowest BCUT2D eigenvalue weighted by molar-refractivity contribution is 1.15. The second kappa shape index (κ2) is 4.31. The number of hydrogen-bond acceptors (Lipinski definition) is 0. The van der Waals surface area contributed by atoms with Crippen molar-refractivity contribution < 1.29 is 0 Å². The van der Waals surface area contributed by atoms with Crippen molar-refractivity contribution in [3.8, 4) is 0 Å². The van der Waals surface area contributed by atoms with Gasteiger partial charge in [0.2, 0.25) is 0 Å². The van der Waals surface area contributed by atoms with E-state index >= 15 is 0 Å². The highest BCUT2D eigenvalue weighted by atomic mass is 35.7. The molecule has 0 spiro atoms. The molecule has 0 bridgehead atoms. The molecule has 3 heteroatoms. The molecule has 0 radical (unpaired) electrons. The molecule has 0 aliphatic heterocycles. The SMILES string of the molecule is CCc1ccc(C)cc1[SiH](Cl)Cl. The van der Waals surface area contributed by atoms with Crippen LogP contribution in [-0.4, -0.2) is 7.42 Å². The Balaban J connectivity index is 3.12. The number of benzene rings is 1. The van der Waals surface area contributed by atoms with Crippen molar-refractivity contribution in [3.05, 3.63) is 29.3 Å². The molecule has 0 aliphatic rings. The third-order valence-corrected chi connectivity index (χ3v) is 4.34. The summed E-state index contributed by atoms with van der Waals surface area (Å²) in [5, 5.41) is 1.18. The van der Waals surface area contributed by atoms with Crippen LogP contribution >= 0.6 is 22.2 Å². The van der Waals surface area contributed by atoms with Crippen molar-refractivity contribution in [2.24, 2.45) is 0 Å². The Kier molecular flexibility index (Phi) is 3.63. The normalized spacial score (nSPS) is 10.8. The summed E-state index contributed by atoms with van der Waals surface area (Å²) in [6.45, 7) is 4.19. The van der Waals surface area contributed by atoms with Crippen LogP contribution in [0.25, 0.3) is 0 Å². The highest BCUT2D eigenvalue weighted by Crippen LogP contribution is 2.07. The van der Waals surface area contributed by atoms with Crippen molar-refractivity contribution >= 4 is 34.8 Å². The second-order valence-corrected chi connectivity index (χ2v) is 7.37. The first-order valence-corrected chi connectivity index (χ1v) is 8.09. The highest BCUT2D eigenvalue weighted by Gasteiger charge is 2.10. The van der Waals surface area contributed by atoms with Crippen LogP contribution in [0.5, 0.6) is 0 Å². The maximum atomic E-state index is 5.96. The van der Waals surface area contributed by atoms with Crippen LogP contribution < -0.4 is 5.19 Å². The third kappa shape index (κ3) is 2.25. The Hall–Kier alpha value is 0.0169. The average molecular weight is 219 g/mol. The number of rotatable bonds is 2. The zero-order chi connectivity index (χ0) is 9.14. The summed E-state index contributed by atoms with van der Waals surface area (Å²) >= 11 is 11.9. The lowest BCUT2D eigenvalue weighted by Gasteiger charge is -2.07. The van der Waals surface area contributed by atoms with Crippen molar-refractivity contribution in [1.82, 2.24) is 0 Å². The van der Waals surface area contributed by atoms with Crippen LogP contribution in [0.4, 0.5) is 0 Å². The molecule has 12 heavy (non-hydrogen) atoms. The van der Waals surface area contributed by atoms with Gasteiger partial charge in [-0.3, -0.25) is 0 Å². The van der Waals surface area contributed by atoms with Gasteiger partial charge in [-0.25, -0.2) is 0 Å². The van der Waals surface area contributed by atoms with Gasteiger partial charge in [0.1, 0.15) is 0 Å². The molecule has 1 aromatic rings. The number of aryl methyl sites for hydroxylation is 2. The third-order valence-electron chi connectivity index (χ3n) is 1.92. The van der Waals surface area contributed by atoms with E-state index in [1.165, 1.54) is 16.3 Å². The molecular formula is C9H12Cl2Si. The van der Waals surface area contributed by atoms with Gasteiger partial charge in [-0.15, -0.1) is 22.2 Å². The van der Waals surface area contributed by atoms with Crippen molar-refractivity contribution in [2.45, 2.75) is 20.3 Å². The van der Waals surface area contributed by atoms with Gasteiger partial charge in [0, 0.05) is 0 Å². The van der Waals surface area contributed by atoms with Gasteiger partial charge in [0.05, 0.1) is 0 Å². The molecule has 66 valence electrons. The zero-order valence-corrected chi connectivity index (χ0v) is 9.94. The Labute approximate surface area is 84.5 Å². The van der Waals surface area contributed by atoms with Crippen LogP contribution in [-0.2, 0) is 6.42 Å². The summed E-state index contributed by atoms with van der Waals surface area (Å²) in [4.78, 5) is 0. The van der Waals surface area contributed by atoms with E-state index < -0.39 is 7.42 Å². The first kappa shape index (κ1) is 10.1. The molecule has 0 atom stereocenters. The molecule has 0 fully saturated rings. The van der Waals surface area contributed by atoms with E-state index in [9.17, 15) is 0 Å². The zero-order valence-electron chi connectivity index (χ0n) is 7.27. The highest BCUT2D eigenvalue weighted by molar-refractivity contribution is 7.39. The molecule has 0 saturated carbocycles. The first-order chi connectivity index (χ1) is 5.65. The van der Waals surface area contributed by atoms with E-state index in [2.05, 4.69) is 32.0 Å². The van der Waals surface area contributed by atoms with E-state index in [1.54, 1.807) is 0 Å². The Morgan fingerprint density at radius 3 is 2.50 bits per heavy atom. The van der Waals surface area contributed by atoms with Gasteiger partial charge in [-0.05, 0) is 24.1 Å². The van der Waals surface area contributed by atoms with Crippen LogP contribution in [0.1, 0.15) is 18.1 Å². The molecule has 0 heterocycles. The summed E-state index contributed by atoms with van der Waals surface area (Å²) in [5.41, 5.74) is 2.53. The number of halogens is 2. The van der Waals surface area contributed by atoms with Gasteiger partial charge in [0.25, 0.3) is 7.42 Å². The quantitative estimate of drug-likeness (QED) is 0.529. The van der Waals surface area contributed by atoms with Gasteiger partial charge < -0.3 is 0 Å². The summed E-state index contributed by atoms with van der Waals surface area (Å²) < 4.78 is 0. The predicted molar refractivity (Wildman–Crippen MR) is 59.0 cm³/mol. The van der Waals surface area contributed by atoms with E-state index in [4.69, 9.17) is 22.2 Å². The minimum atomic E-state index is -1.67. The molecule has 0 aliphatic carbocycles. The van der Waals surface area contributed by atoms with Crippen LogP contribution in [0.15, 0.2) is 18.2 Å². The average Bonchev–Trinajstić information content (AvgIpc) is 2.04. The molecule has 0 N–H and O–H groups in total. The first-order valence-electron chi connectivity index (χ1n) is 4.02. The van der Waals surface area contributed by atoms with Gasteiger partial charge in [0.15, 0.2) is 0 Å². The molecule has 0 amide bonds. The summed E-state index contributed by atoms with van der Waals surface area (Å²) in [5.74, 6) is 0. The standard InChI is InChI=1S/C9H12Cl2Si/c1-3-8-5-4-7(2)6-9(8)12(10)11/h4-6,12H,3H2,1-2H3. The summed E-state index contributed by atoms with van der Waals surface area (Å²) in [6.07, 6.45) is 1.01. The predicted octanol–water partition coefficient (Wildman–Crippen LogP) is 2.46. The fourth-order valence-corrected chi connectivity index (χ4v) is 3.43. The molecule has 0 nitrogen and oxygen atoms in total. The minimum Gasteiger partial charge on any atom is -0.144 e. The van der Waals surface area contributed by atoms with Crippen molar-refractivity contribution in [3.63, 3.8) is 0 Å². The van der Waals surface area contributed by atoms with E-state index in [-0.39, 0.29) is 0 Å². The number of hydrogen-bond donors (Lipinski definition) is 0. The lowest BCUT2D eigenvalue weighted by Crippen LogP contribution is -2.22. The van der Waals surface area contributed by atoms with E-state index in [1.807, 2.05) is 0 Å². The summed E-state index contributed by atoms with van der Waals surface area (Å²) in [7, 11) is -1.67. The smallest absolute Gasteiger partial charge is 0.144 e. The van der Waals surface area contributed by atoms with E-state index in [0.29, 0.717) is 0 Å². The van der Waals surface area contributed by atoms with Crippen LogP contribution in [0, 0.1) is 6.92 Å². The van der Waals surface area contributed by atoms with Crippen LogP contribution in [0.3, 0.4) is 0 Å². The summed E-state index contributed by atoms with van der Waals surface area (Å²) in [6, 6.07) is 6.33. The molecule has 0 unspecified atom stereocenters. The largest absolute Gasteiger partial charge is 0.266 e. The van der Waals surface area contributed by atoms with Crippen LogP contribution in [0.2, 0.25) is 0 Å². The Morgan fingerprint density at radius 1 is 1.33 bits per heavy atom. The van der Waals surface area contributed by atoms with Gasteiger partial charge in [-0.1, -0.05) is 30.7 Å². The van der Waals surface area contributed by atoms with E-state index in [0.717, 1.165) is 6.42 Å². The van der Waals surface area contributed by atoms with Crippen molar-refractivity contribution in [2.75, 3.05) is 0 Å².